The number of allylic oxidation sites excluding steroid dienone is 6. The van der Waals surface area contributed by atoms with Crippen molar-refractivity contribution in [1.29, 1.82) is 0 Å². The summed E-state index contributed by atoms with van der Waals surface area (Å²) in [6, 6.07) is 9.99. The first-order valence-corrected chi connectivity index (χ1v) is 23.0. The van der Waals surface area contributed by atoms with Crippen LogP contribution in [0.1, 0.15) is 76.0 Å². The third-order valence-electron chi connectivity index (χ3n) is 10.6. The van der Waals surface area contributed by atoms with E-state index in [2.05, 4.69) is 4.18 Å². The monoisotopic (exact) mass is 851 g/mol. The number of carbonyl (C=O) groups is 2. The van der Waals surface area contributed by atoms with Gasteiger partial charge in [0.15, 0.2) is 5.71 Å². The average Bonchev–Trinajstić information content (AvgIpc) is 3.50. The van der Waals surface area contributed by atoms with Crippen molar-refractivity contribution >= 4 is 59.4 Å². The molecule has 0 radical (unpaired) electrons. The molecule has 0 spiro atoms. The molecule has 0 aliphatic carbocycles. The fourth-order valence-corrected chi connectivity index (χ4v) is 9.66. The normalized spacial score (nSPS) is 20.6. The van der Waals surface area contributed by atoms with E-state index >= 15 is 0 Å². The van der Waals surface area contributed by atoms with E-state index in [9.17, 15) is 49.6 Å². The number of anilines is 1. The summed E-state index contributed by atoms with van der Waals surface area (Å²) < 4.78 is 94.0. The van der Waals surface area contributed by atoms with Crippen LogP contribution in [0.3, 0.4) is 0 Å². The third kappa shape index (κ3) is 10.7. The predicted molar refractivity (Wildman–Crippen MR) is 215 cm³/mol. The van der Waals surface area contributed by atoms with Crippen LogP contribution >= 0.6 is 0 Å². The van der Waals surface area contributed by atoms with Crippen molar-refractivity contribution in [2.24, 2.45) is 0 Å². The van der Waals surface area contributed by atoms with Crippen LogP contribution in [-0.4, -0.2) is 101 Å². The zero-order valence-corrected chi connectivity index (χ0v) is 35.1. The number of benzene rings is 2. The largest absolute Gasteiger partial charge is 0.481 e. The molecule has 15 nitrogen and oxygen atoms in total. The van der Waals surface area contributed by atoms with E-state index in [0.717, 1.165) is 36.9 Å². The summed E-state index contributed by atoms with van der Waals surface area (Å²) in [5.41, 5.74) is 3.38. The standard InChI is InChI=1S/C39H50N2O13S3/c1-6-40-32-19-17-29(57(51,52)54-5)27-31(32)39(3,21-11-24-56(49,50)53-4)34(40)13-8-7-9-14-35-38(2,20-10-15-36(42)43)30-25-28(26-37(44)45)16-18-33(30)41(35)22-12-23-55(46,47)48/h7-9,13-14,16-19,25,27H,6,10-12,15,20-24,26H2,1-5H3,(H2-,42,43,44,45,46,47,48)/p+1. The maximum absolute atomic E-state index is 12.7. The molecule has 2 aromatic carbocycles. The molecule has 2 aromatic rings. The summed E-state index contributed by atoms with van der Waals surface area (Å²) in [6.45, 7) is 6.51. The van der Waals surface area contributed by atoms with Crippen molar-refractivity contribution in [2.75, 3.05) is 43.7 Å². The number of aliphatic carboxylic acids is 2. The van der Waals surface area contributed by atoms with E-state index < -0.39 is 58.9 Å². The lowest BCUT2D eigenvalue weighted by molar-refractivity contribution is -0.437. The van der Waals surface area contributed by atoms with Gasteiger partial charge >= 0.3 is 11.9 Å². The van der Waals surface area contributed by atoms with Crippen molar-refractivity contribution in [3.63, 3.8) is 0 Å². The highest BCUT2D eigenvalue weighted by atomic mass is 32.2. The van der Waals surface area contributed by atoms with Gasteiger partial charge in [0.1, 0.15) is 6.54 Å². The molecule has 2 aliphatic heterocycles. The van der Waals surface area contributed by atoms with Crippen LogP contribution in [0.25, 0.3) is 0 Å². The summed E-state index contributed by atoms with van der Waals surface area (Å²) in [4.78, 5) is 25.1. The van der Waals surface area contributed by atoms with Gasteiger partial charge in [-0.3, -0.25) is 22.5 Å². The van der Waals surface area contributed by atoms with E-state index in [0.29, 0.717) is 42.6 Å². The number of carboxylic acid groups (broad SMARTS) is 2. The molecule has 0 aromatic heterocycles. The van der Waals surface area contributed by atoms with Gasteiger partial charge in [0, 0.05) is 53.9 Å². The molecule has 18 heteroatoms. The third-order valence-corrected chi connectivity index (χ3v) is 14.0. The first kappa shape index (κ1) is 45.5. The Morgan fingerprint density at radius 3 is 2.14 bits per heavy atom. The molecule has 3 N–H and O–H groups in total. The zero-order valence-electron chi connectivity index (χ0n) is 32.7. The Morgan fingerprint density at radius 1 is 0.825 bits per heavy atom. The first-order valence-electron chi connectivity index (χ1n) is 18.4. The van der Waals surface area contributed by atoms with Gasteiger partial charge in [0.25, 0.3) is 30.4 Å². The second-order valence-corrected chi connectivity index (χ2v) is 19.5. The van der Waals surface area contributed by atoms with Gasteiger partial charge in [-0.15, -0.1) is 0 Å². The molecule has 0 saturated heterocycles. The summed E-state index contributed by atoms with van der Waals surface area (Å²) in [5, 5.41) is 18.9. The van der Waals surface area contributed by atoms with Gasteiger partial charge in [0.2, 0.25) is 5.69 Å². The fourth-order valence-electron chi connectivity index (χ4n) is 7.82. The Balaban J connectivity index is 1.80. The van der Waals surface area contributed by atoms with Gasteiger partial charge < -0.3 is 15.1 Å². The highest BCUT2D eigenvalue weighted by Crippen LogP contribution is 2.51. The number of carboxylic acids is 2. The van der Waals surface area contributed by atoms with Gasteiger partial charge in [-0.2, -0.15) is 29.8 Å². The predicted octanol–water partition coefficient (Wildman–Crippen LogP) is 5.09. The van der Waals surface area contributed by atoms with E-state index in [4.69, 9.17) is 4.18 Å². The van der Waals surface area contributed by atoms with Gasteiger partial charge in [-0.05, 0) is 87.9 Å². The molecule has 0 bridgehead atoms. The second kappa shape index (κ2) is 18.2. The van der Waals surface area contributed by atoms with Crippen molar-refractivity contribution in [3.05, 3.63) is 89.2 Å². The molecule has 2 unspecified atom stereocenters. The second-order valence-electron chi connectivity index (χ2n) is 14.4. The van der Waals surface area contributed by atoms with Crippen LogP contribution in [-0.2, 0) is 65.6 Å². The minimum atomic E-state index is -4.26. The van der Waals surface area contributed by atoms with Crippen LogP contribution < -0.4 is 4.90 Å². The van der Waals surface area contributed by atoms with Crippen LogP contribution in [0.4, 0.5) is 11.4 Å². The Labute approximate surface area is 335 Å². The molecule has 2 atom stereocenters. The summed E-state index contributed by atoms with van der Waals surface area (Å²) in [7, 11) is -9.88. The SMILES string of the molecule is CCN1/C(=C/C=C/C=C/C2=[N+](CCCS(=O)(=O)O)c3ccc(CC(=O)O)cc3C2(C)CCCC(=O)O)C(C)(CCCS(=O)(=O)OC)c2cc(S(=O)(=O)OC)ccc21. The van der Waals surface area contributed by atoms with Gasteiger partial charge in [0.05, 0.1) is 42.5 Å². The quantitative estimate of drug-likeness (QED) is 0.0645. The van der Waals surface area contributed by atoms with Crippen LogP contribution in [0.2, 0.25) is 0 Å². The summed E-state index contributed by atoms with van der Waals surface area (Å²) in [5.74, 6) is -2.71. The summed E-state index contributed by atoms with van der Waals surface area (Å²) in [6.07, 6.45) is 10.1. The smallest absolute Gasteiger partial charge is 0.307 e. The van der Waals surface area contributed by atoms with Crippen LogP contribution in [0.15, 0.2) is 77.4 Å². The number of nitrogens with zero attached hydrogens (tertiary/aromatic N) is 2. The van der Waals surface area contributed by atoms with E-state index in [-0.39, 0.29) is 42.9 Å². The number of hydrogen-bond donors (Lipinski definition) is 3. The lowest BCUT2D eigenvalue weighted by Crippen LogP contribution is -2.32. The highest BCUT2D eigenvalue weighted by Gasteiger charge is 2.48. The van der Waals surface area contributed by atoms with Crippen molar-refractivity contribution in [3.8, 4) is 0 Å². The Kier molecular flexibility index (Phi) is 14.5. The molecular formula is C39H51N2O13S3+. The molecule has 0 amide bonds. The Morgan fingerprint density at radius 2 is 1.53 bits per heavy atom. The van der Waals surface area contributed by atoms with Gasteiger partial charge in [-0.1, -0.05) is 24.3 Å². The maximum atomic E-state index is 12.7. The highest BCUT2D eigenvalue weighted by molar-refractivity contribution is 7.87. The zero-order chi connectivity index (χ0) is 42.4. The summed E-state index contributed by atoms with van der Waals surface area (Å²) >= 11 is 0. The minimum absolute atomic E-state index is 0.0347. The van der Waals surface area contributed by atoms with E-state index in [1.807, 2.05) is 42.4 Å². The average molecular weight is 852 g/mol. The molecular weight excluding hydrogens is 801 g/mol. The Bertz CT molecular complexity index is 2330. The van der Waals surface area contributed by atoms with Crippen LogP contribution in [0.5, 0.6) is 0 Å². The molecule has 2 heterocycles. The lowest BCUT2D eigenvalue weighted by Gasteiger charge is -2.30. The van der Waals surface area contributed by atoms with Gasteiger partial charge in [-0.25, -0.2) is 0 Å². The Hall–Kier alpha value is -4.20. The molecule has 0 saturated carbocycles. The molecule has 2 aliphatic rings. The van der Waals surface area contributed by atoms with Crippen LogP contribution in [0, 0.1) is 0 Å². The molecule has 4 rings (SSSR count). The number of likely N-dealkylation sites (N-methyl/N-ethyl adjacent to an activating group) is 1. The van der Waals surface area contributed by atoms with Crippen molar-refractivity contribution in [2.45, 2.75) is 81.4 Å². The first-order chi connectivity index (χ1) is 26.6. The lowest BCUT2D eigenvalue weighted by atomic mass is 9.74. The maximum Gasteiger partial charge on any atom is 0.307 e. The molecule has 57 heavy (non-hydrogen) atoms. The van der Waals surface area contributed by atoms with E-state index in [1.165, 1.54) is 6.07 Å². The molecule has 0 fully saturated rings. The fraction of sp³-hybridized carbons (Fsp3) is 0.462. The topological polar surface area (TPSA) is 222 Å². The van der Waals surface area contributed by atoms with Crippen molar-refractivity contribution < 1.29 is 62.5 Å². The molecule has 312 valence electrons. The number of hydrogen-bond acceptors (Lipinski definition) is 11. The number of rotatable bonds is 21. The van der Waals surface area contributed by atoms with E-state index in [1.54, 1.807) is 48.6 Å². The minimum Gasteiger partial charge on any atom is -0.481 e. The number of fused-ring (bicyclic) bond motifs is 2. The van der Waals surface area contributed by atoms with Crippen molar-refractivity contribution in [1.82, 2.24) is 0 Å².